The molecule has 1 nitrogen and oxygen atoms in total. The zero-order valence-electron chi connectivity index (χ0n) is 9.59. The Morgan fingerprint density at radius 3 is 2.29 bits per heavy atom. The van der Waals surface area contributed by atoms with Crippen LogP contribution in [0.15, 0.2) is 25.6 Å². The number of nitrogens with zero attached hydrogens (tertiary/aromatic N) is 1. The molecule has 0 spiro atoms. The SMILES string of the molecule is C=Cc1cncc(C)c1C(=C)C.CC. The molecule has 0 N–H and O–H groups in total. The lowest BCUT2D eigenvalue weighted by atomic mass is 10.00. The molecule has 0 saturated heterocycles. The quantitative estimate of drug-likeness (QED) is 0.682. The van der Waals surface area contributed by atoms with Crippen molar-refractivity contribution in [3.05, 3.63) is 42.2 Å². The van der Waals surface area contributed by atoms with Gasteiger partial charge in [0.2, 0.25) is 0 Å². The molecule has 0 aliphatic carbocycles. The van der Waals surface area contributed by atoms with Crippen LogP contribution in [0.2, 0.25) is 0 Å². The number of pyridine rings is 1. The second-order valence-electron chi connectivity index (χ2n) is 2.91. The van der Waals surface area contributed by atoms with Crippen LogP contribution in [0.25, 0.3) is 11.6 Å². The van der Waals surface area contributed by atoms with Gasteiger partial charge in [0, 0.05) is 12.4 Å². The molecule has 1 aromatic rings. The van der Waals surface area contributed by atoms with E-state index in [0.717, 1.165) is 16.7 Å². The number of aromatic nitrogens is 1. The van der Waals surface area contributed by atoms with E-state index in [1.165, 1.54) is 5.56 Å². The molecule has 0 amide bonds. The fourth-order valence-corrected chi connectivity index (χ4v) is 1.32. The minimum atomic E-state index is 1.06. The van der Waals surface area contributed by atoms with Crippen LogP contribution in [0.5, 0.6) is 0 Å². The molecular formula is C13H19N. The summed E-state index contributed by atoms with van der Waals surface area (Å²) in [6.45, 7) is 15.7. The maximum absolute atomic E-state index is 4.09. The van der Waals surface area contributed by atoms with Gasteiger partial charge in [-0.1, -0.05) is 38.7 Å². The third kappa shape index (κ3) is 2.84. The van der Waals surface area contributed by atoms with Crippen LogP contribution in [0.4, 0.5) is 0 Å². The van der Waals surface area contributed by atoms with Gasteiger partial charge in [-0.2, -0.15) is 0 Å². The highest BCUT2D eigenvalue weighted by molar-refractivity contribution is 5.72. The van der Waals surface area contributed by atoms with Crippen LogP contribution < -0.4 is 0 Å². The molecule has 76 valence electrons. The topological polar surface area (TPSA) is 12.9 Å². The van der Waals surface area contributed by atoms with Crippen molar-refractivity contribution in [1.82, 2.24) is 4.98 Å². The average Bonchev–Trinajstić information content (AvgIpc) is 2.19. The van der Waals surface area contributed by atoms with Crippen molar-refractivity contribution >= 4 is 11.6 Å². The standard InChI is InChI=1S/C11H13N.C2H6/c1-5-10-7-12-6-9(4)11(10)8(2)3;1-2/h5-7H,1-2H2,3-4H3;1-2H3. The van der Waals surface area contributed by atoms with E-state index in [4.69, 9.17) is 0 Å². The smallest absolute Gasteiger partial charge is 0.0346 e. The molecule has 1 heterocycles. The van der Waals surface area contributed by atoms with E-state index in [1.54, 1.807) is 0 Å². The van der Waals surface area contributed by atoms with Crippen LogP contribution in [-0.4, -0.2) is 4.98 Å². The van der Waals surface area contributed by atoms with Gasteiger partial charge in [0.25, 0.3) is 0 Å². The van der Waals surface area contributed by atoms with Crippen molar-refractivity contribution < 1.29 is 0 Å². The first-order valence-electron chi connectivity index (χ1n) is 4.89. The summed E-state index contributed by atoms with van der Waals surface area (Å²) >= 11 is 0. The molecule has 0 aliphatic rings. The Kier molecular flexibility index (Phi) is 5.54. The predicted molar refractivity (Wildman–Crippen MR) is 65.1 cm³/mol. The first-order chi connectivity index (χ1) is 6.66. The summed E-state index contributed by atoms with van der Waals surface area (Å²) in [5.41, 5.74) is 4.44. The third-order valence-electron chi connectivity index (χ3n) is 1.81. The summed E-state index contributed by atoms with van der Waals surface area (Å²) in [5, 5.41) is 0. The van der Waals surface area contributed by atoms with Crippen LogP contribution in [-0.2, 0) is 0 Å². The first kappa shape index (κ1) is 12.6. The Bertz CT molecular complexity index is 324. The Morgan fingerprint density at radius 2 is 1.93 bits per heavy atom. The number of allylic oxidation sites excluding steroid dienone is 1. The molecular weight excluding hydrogens is 170 g/mol. The Labute approximate surface area is 87.2 Å². The van der Waals surface area contributed by atoms with Crippen molar-refractivity contribution in [1.29, 1.82) is 0 Å². The van der Waals surface area contributed by atoms with Gasteiger partial charge in [0.05, 0.1) is 0 Å². The lowest BCUT2D eigenvalue weighted by Gasteiger charge is -2.07. The summed E-state index contributed by atoms with van der Waals surface area (Å²) in [7, 11) is 0. The van der Waals surface area contributed by atoms with Gasteiger partial charge in [-0.3, -0.25) is 4.98 Å². The van der Waals surface area contributed by atoms with Gasteiger partial charge >= 0.3 is 0 Å². The van der Waals surface area contributed by atoms with Crippen LogP contribution >= 0.6 is 0 Å². The van der Waals surface area contributed by atoms with E-state index in [0.29, 0.717) is 0 Å². The molecule has 1 heteroatoms. The predicted octanol–water partition coefficient (Wildman–Crippen LogP) is 4.09. The molecule has 14 heavy (non-hydrogen) atoms. The Morgan fingerprint density at radius 1 is 1.36 bits per heavy atom. The number of hydrogen-bond acceptors (Lipinski definition) is 1. The van der Waals surface area contributed by atoms with Crippen molar-refractivity contribution in [3.8, 4) is 0 Å². The highest BCUT2D eigenvalue weighted by Crippen LogP contribution is 2.20. The zero-order chi connectivity index (χ0) is 11.1. The average molecular weight is 189 g/mol. The van der Waals surface area contributed by atoms with E-state index < -0.39 is 0 Å². The summed E-state index contributed by atoms with van der Waals surface area (Å²) in [6, 6.07) is 0. The third-order valence-corrected chi connectivity index (χ3v) is 1.81. The zero-order valence-corrected chi connectivity index (χ0v) is 9.59. The molecule has 0 bridgehead atoms. The van der Waals surface area contributed by atoms with E-state index >= 15 is 0 Å². The minimum absolute atomic E-state index is 1.06. The van der Waals surface area contributed by atoms with Gasteiger partial charge < -0.3 is 0 Å². The Balaban J connectivity index is 0.000000791. The number of aryl methyl sites for hydroxylation is 1. The highest BCUT2D eigenvalue weighted by atomic mass is 14.6. The first-order valence-corrected chi connectivity index (χ1v) is 4.89. The molecule has 1 aromatic heterocycles. The summed E-state index contributed by atoms with van der Waals surface area (Å²) in [5.74, 6) is 0. The molecule has 0 unspecified atom stereocenters. The van der Waals surface area contributed by atoms with Crippen molar-refractivity contribution in [3.63, 3.8) is 0 Å². The molecule has 0 atom stereocenters. The molecule has 0 aliphatic heterocycles. The van der Waals surface area contributed by atoms with Gasteiger partial charge in [-0.25, -0.2) is 0 Å². The minimum Gasteiger partial charge on any atom is -0.264 e. The lowest BCUT2D eigenvalue weighted by Crippen LogP contribution is -1.91. The van der Waals surface area contributed by atoms with Crippen LogP contribution in [0.1, 0.15) is 37.5 Å². The number of hydrogen-bond donors (Lipinski definition) is 0. The van der Waals surface area contributed by atoms with E-state index in [2.05, 4.69) is 18.1 Å². The fourth-order valence-electron chi connectivity index (χ4n) is 1.32. The molecule has 0 saturated carbocycles. The van der Waals surface area contributed by atoms with Gasteiger partial charge in [-0.15, -0.1) is 0 Å². The summed E-state index contributed by atoms with van der Waals surface area (Å²) in [4.78, 5) is 4.09. The second kappa shape index (κ2) is 6.14. The monoisotopic (exact) mass is 189 g/mol. The maximum atomic E-state index is 4.09. The van der Waals surface area contributed by atoms with Crippen LogP contribution in [0.3, 0.4) is 0 Å². The molecule has 0 aromatic carbocycles. The highest BCUT2D eigenvalue weighted by Gasteiger charge is 2.02. The van der Waals surface area contributed by atoms with Crippen molar-refractivity contribution in [2.75, 3.05) is 0 Å². The largest absolute Gasteiger partial charge is 0.264 e. The lowest BCUT2D eigenvalue weighted by molar-refractivity contribution is 1.24. The number of rotatable bonds is 2. The van der Waals surface area contributed by atoms with Gasteiger partial charge in [0.15, 0.2) is 0 Å². The summed E-state index contributed by atoms with van der Waals surface area (Å²) in [6.07, 6.45) is 5.46. The second-order valence-corrected chi connectivity index (χ2v) is 2.91. The van der Waals surface area contributed by atoms with E-state index in [9.17, 15) is 0 Å². The molecule has 0 radical (unpaired) electrons. The molecule has 1 rings (SSSR count). The normalized spacial score (nSPS) is 8.57. The maximum Gasteiger partial charge on any atom is 0.0346 e. The van der Waals surface area contributed by atoms with E-state index in [1.807, 2.05) is 46.2 Å². The van der Waals surface area contributed by atoms with Gasteiger partial charge in [-0.05, 0) is 30.5 Å². The van der Waals surface area contributed by atoms with Crippen molar-refractivity contribution in [2.24, 2.45) is 0 Å². The van der Waals surface area contributed by atoms with E-state index in [-0.39, 0.29) is 0 Å². The summed E-state index contributed by atoms with van der Waals surface area (Å²) < 4.78 is 0. The van der Waals surface area contributed by atoms with Gasteiger partial charge in [0.1, 0.15) is 0 Å². The fraction of sp³-hybridized carbons (Fsp3) is 0.308. The Hall–Kier alpha value is -1.37. The molecule has 0 fully saturated rings. The van der Waals surface area contributed by atoms with Crippen molar-refractivity contribution in [2.45, 2.75) is 27.7 Å². The van der Waals surface area contributed by atoms with Crippen LogP contribution in [0, 0.1) is 6.92 Å².